The van der Waals surface area contributed by atoms with Gasteiger partial charge < -0.3 is 19.1 Å². The number of rotatable bonds is 10. The van der Waals surface area contributed by atoms with Gasteiger partial charge in [-0.15, -0.1) is 53.6 Å². The topological polar surface area (TPSA) is 33.5 Å². The summed E-state index contributed by atoms with van der Waals surface area (Å²) in [5.74, 6) is 2.06. The van der Waals surface area contributed by atoms with Crippen molar-refractivity contribution in [3.63, 3.8) is 0 Å². The van der Waals surface area contributed by atoms with E-state index in [9.17, 15) is 0 Å². The van der Waals surface area contributed by atoms with E-state index in [1.165, 1.54) is 33.4 Å². The van der Waals surface area contributed by atoms with E-state index in [0.29, 0.717) is 11.5 Å². The second-order valence-corrected chi connectivity index (χ2v) is 22.7. The van der Waals surface area contributed by atoms with E-state index in [2.05, 4.69) is 284 Å². The predicted octanol–water partition coefficient (Wildman–Crippen LogP) is 17.9. The third-order valence-electron chi connectivity index (χ3n) is 15.0. The van der Waals surface area contributed by atoms with E-state index in [1.807, 2.05) is 12.3 Å². The zero-order valence-electron chi connectivity index (χ0n) is 44.1. The molecule has 0 saturated heterocycles. The van der Waals surface area contributed by atoms with Crippen LogP contribution in [0.4, 0.5) is 22.7 Å². The van der Waals surface area contributed by atoms with Gasteiger partial charge in [-0.1, -0.05) is 196 Å². The van der Waals surface area contributed by atoms with Crippen LogP contribution < -0.4 is 14.5 Å². The van der Waals surface area contributed by atoms with Crippen LogP contribution in [0.15, 0.2) is 194 Å². The molecule has 11 rings (SSSR count). The summed E-state index contributed by atoms with van der Waals surface area (Å²) in [4.78, 5) is 9.58. The summed E-state index contributed by atoms with van der Waals surface area (Å²) in [7, 11) is 0. The molecule has 0 N–H and O–H groups in total. The maximum Gasteiger partial charge on any atom is 0.135 e. The Bertz CT molecular complexity index is 3660. The van der Waals surface area contributed by atoms with Crippen LogP contribution in [0.2, 0.25) is 0 Å². The van der Waals surface area contributed by atoms with Crippen LogP contribution in [0.3, 0.4) is 0 Å². The van der Waals surface area contributed by atoms with Gasteiger partial charge in [-0.2, -0.15) is 6.07 Å². The number of pyridine rings is 1. The average Bonchev–Trinajstić information content (AvgIpc) is 3.95. The molecule has 2 aromatic heterocycles. The number of para-hydroxylation sites is 1. The second-order valence-electron chi connectivity index (χ2n) is 22.7. The van der Waals surface area contributed by atoms with Gasteiger partial charge in [0, 0.05) is 72.2 Å². The van der Waals surface area contributed by atoms with Gasteiger partial charge in [-0.25, -0.2) is 4.98 Å². The van der Waals surface area contributed by atoms with Gasteiger partial charge in [-0.05, 0) is 97.6 Å². The third-order valence-corrected chi connectivity index (χ3v) is 15.0. The molecular weight excluding hydrogens is 1080 g/mol. The normalized spacial score (nSPS) is 13.1. The molecule has 0 spiro atoms. The maximum atomic E-state index is 6.98. The number of anilines is 4. The number of ether oxygens (including phenoxy) is 1. The number of nitrogens with zero attached hydrogens (tertiary/aromatic N) is 4. The molecule has 374 valence electrons. The summed E-state index contributed by atoms with van der Waals surface area (Å²) in [5, 5.41) is 2.22. The number of hydrogen-bond donors (Lipinski definition) is 0. The van der Waals surface area contributed by atoms with Gasteiger partial charge >= 0.3 is 0 Å². The molecule has 0 unspecified atom stereocenters. The fourth-order valence-electron chi connectivity index (χ4n) is 10.3. The summed E-state index contributed by atoms with van der Waals surface area (Å²) >= 11 is 0. The molecule has 5 nitrogen and oxygen atoms in total. The number of aromatic nitrogens is 2. The Hall–Kier alpha value is -7.20. The minimum atomic E-state index is -0.283. The van der Waals surface area contributed by atoms with Gasteiger partial charge in [0.2, 0.25) is 0 Å². The van der Waals surface area contributed by atoms with E-state index in [1.54, 1.807) is 0 Å². The van der Waals surface area contributed by atoms with E-state index in [0.717, 1.165) is 61.5 Å². The number of hydrogen-bond acceptors (Lipinski definition) is 4. The second kappa shape index (κ2) is 19.3. The van der Waals surface area contributed by atoms with Crippen molar-refractivity contribution in [2.75, 3.05) is 9.80 Å². The maximum absolute atomic E-state index is 6.98. The van der Waals surface area contributed by atoms with Crippen molar-refractivity contribution in [2.45, 2.75) is 90.9 Å². The molecule has 0 fully saturated rings. The first kappa shape index (κ1) is 50.3. The zero-order chi connectivity index (χ0) is 50.9. The van der Waals surface area contributed by atoms with Gasteiger partial charge in [0.05, 0.1) is 0 Å². The van der Waals surface area contributed by atoms with Gasteiger partial charge in [0.15, 0.2) is 0 Å². The fourth-order valence-corrected chi connectivity index (χ4v) is 10.3. The van der Waals surface area contributed by atoms with Crippen LogP contribution in [0.5, 0.6) is 11.5 Å². The Kier molecular flexibility index (Phi) is 13.1. The SMILES string of the molecule is CC(C)(C)c1cc(Oc2[c-]c3c(cc2)c2ccccc2n3-c2cc(C(C)(C)C)ccn2)[c-]c(N2[CH-]N(c3cc(-c4ccccc4)cc(C(C)(C)c4ccccc4)c3)c3ccc(C(C)(C)c4ccccc4)cc32)c1.[Pt]. The molecular formula is C68H63N4OPt-3. The number of benzene rings is 8. The van der Waals surface area contributed by atoms with Crippen molar-refractivity contribution < 1.29 is 25.8 Å². The van der Waals surface area contributed by atoms with Crippen molar-refractivity contribution in [1.29, 1.82) is 0 Å². The van der Waals surface area contributed by atoms with E-state index < -0.39 is 0 Å². The summed E-state index contributed by atoms with van der Waals surface area (Å²) in [6, 6.07) is 75.3. The molecule has 8 aromatic carbocycles. The summed E-state index contributed by atoms with van der Waals surface area (Å²) in [6.07, 6.45) is 1.91. The molecule has 0 amide bonds. The average molecular weight is 1150 g/mol. The summed E-state index contributed by atoms with van der Waals surface area (Å²) < 4.78 is 9.20. The molecule has 0 radical (unpaired) electrons. The van der Waals surface area contributed by atoms with Crippen LogP contribution in [0, 0.1) is 18.8 Å². The smallest absolute Gasteiger partial charge is 0.135 e. The molecule has 0 bridgehead atoms. The molecule has 1 aliphatic rings. The molecule has 0 saturated carbocycles. The minimum Gasteiger partial charge on any atom is -0.509 e. The van der Waals surface area contributed by atoms with Gasteiger partial charge in [-0.3, -0.25) is 0 Å². The number of fused-ring (bicyclic) bond motifs is 4. The predicted molar refractivity (Wildman–Crippen MR) is 304 cm³/mol. The Labute approximate surface area is 452 Å². The van der Waals surface area contributed by atoms with Gasteiger partial charge in [0.25, 0.3) is 0 Å². The van der Waals surface area contributed by atoms with Crippen molar-refractivity contribution in [3.8, 4) is 28.4 Å². The van der Waals surface area contributed by atoms with Crippen molar-refractivity contribution in [2.24, 2.45) is 0 Å². The first-order chi connectivity index (χ1) is 34.9. The van der Waals surface area contributed by atoms with Crippen LogP contribution in [-0.4, -0.2) is 9.55 Å². The molecule has 0 aliphatic carbocycles. The van der Waals surface area contributed by atoms with Crippen LogP contribution >= 0.6 is 0 Å². The summed E-state index contributed by atoms with van der Waals surface area (Å²) in [6.45, 7) is 25.0. The molecule has 3 heterocycles. The largest absolute Gasteiger partial charge is 0.509 e. The Morgan fingerprint density at radius 3 is 1.76 bits per heavy atom. The van der Waals surface area contributed by atoms with Crippen LogP contribution in [0.25, 0.3) is 38.8 Å². The monoisotopic (exact) mass is 1150 g/mol. The standard InChI is InChI=1S/C68H63N4O.Pt/c1-65(2,3)50-34-35-69-64(42-50)72-60-29-21-20-28-58(60)59-32-31-56(44-62(59)72)73-57-40-52(66(4,5)6)38-55(43-57)71-45-70(61-33-30-51(41-63(61)71)67(7,8)48-24-16-12-17-25-48)54-37-47(46-22-14-11-15-23-46)36-53(39-54)68(9,10)49-26-18-13-19-27-49;/h11-42,45H,1-10H3;/q-3;. The minimum absolute atomic E-state index is 0. The summed E-state index contributed by atoms with van der Waals surface area (Å²) in [5.41, 5.74) is 14.9. The van der Waals surface area contributed by atoms with Crippen molar-refractivity contribution >= 4 is 44.6 Å². The molecule has 74 heavy (non-hydrogen) atoms. The molecule has 1 aliphatic heterocycles. The molecule has 10 aromatic rings. The van der Waals surface area contributed by atoms with E-state index in [4.69, 9.17) is 9.72 Å². The Morgan fingerprint density at radius 1 is 0.446 bits per heavy atom. The van der Waals surface area contributed by atoms with Gasteiger partial charge in [0.1, 0.15) is 5.82 Å². The van der Waals surface area contributed by atoms with Crippen molar-refractivity contribution in [3.05, 3.63) is 246 Å². The Morgan fingerprint density at radius 2 is 1.08 bits per heavy atom. The first-order valence-electron chi connectivity index (χ1n) is 25.5. The first-order valence-corrected chi connectivity index (χ1v) is 25.5. The Balaban J connectivity index is 0.00000626. The van der Waals surface area contributed by atoms with E-state index in [-0.39, 0.29) is 42.7 Å². The van der Waals surface area contributed by atoms with Crippen LogP contribution in [0.1, 0.15) is 103 Å². The van der Waals surface area contributed by atoms with Crippen LogP contribution in [-0.2, 0) is 42.7 Å². The molecule has 0 atom stereocenters. The third kappa shape index (κ3) is 9.37. The molecule has 6 heteroatoms. The van der Waals surface area contributed by atoms with E-state index >= 15 is 0 Å². The fraction of sp³-hybridized carbons (Fsp3) is 0.206. The quantitative estimate of drug-likeness (QED) is 0.128. The zero-order valence-corrected chi connectivity index (χ0v) is 46.3. The van der Waals surface area contributed by atoms with Crippen molar-refractivity contribution in [1.82, 2.24) is 9.55 Å².